The van der Waals surface area contributed by atoms with Gasteiger partial charge >= 0.3 is 0 Å². The Balaban J connectivity index is 2.30. The normalized spacial score (nSPS) is 10.2. The van der Waals surface area contributed by atoms with E-state index in [9.17, 15) is 4.79 Å². The van der Waals surface area contributed by atoms with Crippen LogP contribution in [0.15, 0.2) is 40.9 Å². The molecule has 2 rings (SSSR count). The first-order valence-corrected chi connectivity index (χ1v) is 7.23. The van der Waals surface area contributed by atoms with Crippen LogP contribution in [0.4, 0.5) is 11.4 Å². The van der Waals surface area contributed by atoms with Crippen LogP contribution in [-0.2, 0) is 0 Å². The highest BCUT2D eigenvalue weighted by Crippen LogP contribution is 2.27. The van der Waals surface area contributed by atoms with E-state index in [2.05, 4.69) is 26.6 Å². The highest BCUT2D eigenvalue weighted by Gasteiger charge is 2.12. The Bertz CT molecular complexity index is 658. The number of carbonyl (C=O) groups is 1. The standard InChI is InChI=1S/C15H14BrClN2O/c1-9-3-5-13(18-2)11(7-9)15(20)19-14-6-4-10(17)8-12(14)16/h3-8,18H,1-2H3,(H,19,20). The molecular formula is C15H14BrClN2O. The van der Waals surface area contributed by atoms with Crippen LogP contribution in [0.3, 0.4) is 0 Å². The van der Waals surface area contributed by atoms with Gasteiger partial charge in [-0.15, -0.1) is 0 Å². The molecule has 2 N–H and O–H groups in total. The Morgan fingerprint density at radius 3 is 2.50 bits per heavy atom. The fraction of sp³-hybridized carbons (Fsp3) is 0.133. The number of amides is 1. The smallest absolute Gasteiger partial charge is 0.257 e. The van der Waals surface area contributed by atoms with Gasteiger partial charge in [-0.05, 0) is 53.2 Å². The lowest BCUT2D eigenvalue weighted by Crippen LogP contribution is -2.14. The number of nitrogens with one attached hydrogen (secondary N) is 2. The van der Waals surface area contributed by atoms with Crippen LogP contribution in [-0.4, -0.2) is 13.0 Å². The minimum atomic E-state index is -0.166. The molecule has 2 aromatic rings. The number of anilines is 2. The second kappa shape index (κ2) is 6.29. The van der Waals surface area contributed by atoms with Crippen molar-refractivity contribution >= 4 is 44.8 Å². The van der Waals surface area contributed by atoms with Crippen LogP contribution in [0.2, 0.25) is 5.02 Å². The summed E-state index contributed by atoms with van der Waals surface area (Å²) in [5.74, 6) is -0.166. The molecule has 0 aliphatic heterocycles. The van der Waals surface area contributed by atoms with Crippen molar-refractivity contribution in [1.29, 1.82) is 0 Å². The molecule has 0 aliphatic carbocycles. The maximum Gasteiger partial charge on any atom is 0.257 e. The Morgan fingerprint density at radius 1 is 1.15 bits per heavy atom. The van der Waals surface area contributed by atoms with Gasteiger partial charge in [0.2, 0.25) is 0 Å². The molecule has 0 bridgehead atoms. The quantitative estimate of drug-likeness (QED) is 0.839. The molecule has 104 valence electrons. The van der Waals surface area contributed by atoms with Gasteiger partial charge in [-0.25, -0.2) is 0 Å². The van der Waals surface area contributed by atoms with Gasteiger partial charge in [0.05, 0.1) is 11.3 Å². The van der Waals surface area contributed by atoms with Gasteiger partial charge in [-0.2, -0.15) is 0 Å². The Kier molecular flexibility index (Phi) is 4.68. The number of aryl methyl sites for hydroxylation is 1. The van der Waals surface area contributed by atoms with Crippen molar-refractivity contribution in [3.05, 3.63) is 57.0 Å². The molecule has 5 heteroatoms. The van der Waals surface area contributed by atoms with Crippen LogP contribution in [0.5, 0.6) is 0 Å². The third-order valence-corrected chi connectivity index (χ3v) is 3.76. The second-order valence-corrected chi connectivity index (χ2v) is 5.67. The van der Waals surface area contributed by atoms with Crippen LogP contribution in [0.1, 0.15) is 15.9 Å². The number of carbonyl (C=O) groups excluding carboxylic acids is 1. The monoisotopic (exact) mass is 352 g/mol. The number of rotatable bonds is 3. The number of benzene rings is 2. The van der Waals surface area contributed by atoms with Crippen molar-refractivity contribution in [2.24, 2.45) is 0 Å². The van der Waals surface area contributed by atoms with Gasteiger partial charge in [0, 0.05) is 22.2 Å². The van der Waals surface area contributed by atoms with Gasteiger partial charge in [-0.1, -0.05) is 23.2 Å². The average molecular weight is 354 g/mol. The first-order chi connectivity index (χ1) is 9.51. The summed E-state index contributed by atoms with van der Waals surface area (Å²) in [6.45, 7) is 1.95. The van der Waals surface area contributed by atoms with Crippen molar-refractivity contribution < 1.29 is 4.79 Å². The summed E-state index contributed by atoms with van der Waals surface area (Å²) in [4.78, 5) is 12.4. The van der Waals surface area contributed by atoms with Gasteiger partial charge in [0.25, 0.3) is 5.91 Å². The predicted octanol–water partition coefficient (Wildman–Crippen LogP) is 4.70. The average Bonchev–Trinajstić information content (AvgIpc) is 2.41. The Hall–Kier alpha value is -1.52. The molecule has 0 fully saturated rings. The molecule has 0 aromatic heterocycles. The largest absolute Gasteiger partial charge is 0.387 e. The lowest BCUT2D eigenvalue weighted by Gasteiger charge is -2.12. The summed E-state index contributed by atoms with van der Waals surface area (Å²) in [5.41, 5.74) is 3.11. The van der Waals surface area contributed by atoms with Crippen LogP contribution >= 0.6 is 27.5 Å². The van der Waals surface area contributed by atoms with Crippen LogP contribution in [0, 0.1) is 6.92 Å². The lowest BCUT2D eigenvalue weighted by molar-refractivity contribution is 0.102. The summed E-state index contributed by atoms with van der Waals surface area (Å²) in [5, 5.41) is 6.50. The van der Waals surface area contributed by atoms with Gasteiger partial charge < -0.3 is 10.6 Å². The van der Waals surface area contributed by atoms with Crippen LogP contribution in [0.25, 0.3) is 0 Å². The van der Waals surface area contributed by atoms with E-state index in [0.29, 0.717) is 16.3 Å². The third kappa shape index (κ3) is 3.32. The summed E-state index contributed by atoms with van der Waals surface area (Å²) >= 11 is 9.27. The Morgan fingerprint density at radius 2 is 1.85 bits per heavy atom. The van der Waals surface area contributed by atoms with Crippen molar-refractivity contribution in [2.75, 3.05) is 17.7 Å². The van der Waals surface area contributed by atoms with Gasteiger partial charge in [0.1, 0.15) is 0 Å². The van der Waals surface area contributed by atoms with Crippen molar-refractivity contribution in [2.45, 2.75) is 6.92 Å². The zero-order valence-corrected chi connectivity index (χ0v) is 13.5. The maximum atomic E-state index is 12.4. The summed E-state index contributed by atoms with van der Waals surface area (Å²) in [6.07, 6.45) is 0. The molecule has 0 heterocycles. The van der Waals surface area contributed by atoms with E-state index in [0.717, 1.165) is 15.7 Å². The summed E-state index contributed by atoms with van der Waals surface area (Å²) in [7, 11) is 1.79. The third-order valence-electron chi connectivity index (χ3n) is 2.87. The molecule has 0 saturated carbocycles. The zero-order valence-electron chi connectivity index (χ0n) is 11.1. The number of hydrogen-bond acceptors (Lipinski definition) is 2. The molecule has 0 unspecified atom stereocenters. The molecule has 1 amide bonds. The van der Waals surface area contributed by atoms with Gasteiger partial charge in [-0.3, -0.25) is 4.79 Å². The SMILES string of the molecule is CNc1ccc(C)cc1C(=O)Nc1ccc(Cl)cc1Br. The fourth-order valence-electron chi connectivity index (χ4n) is 1.84. The second-order valence-electron chi connectivity index (χ2n) is 4.38. The van der Waals surface area contributed by atoms with Crippen molar-refractivity contribution in [3.63, 3.8) is 0 Å². The fourth-order valence-corrected chi connectivity index (χ4v) is 2.63. The molecular weight excluding hydrogens is 340 g/mol. The molecule has 3 nitrogen and oxygen atoms in total. The molecule has 0 saturated heterocycles. The first-order valence-electron chi connectivity index (χ1n) is 6.06. The minimum Gasteiger partial charge on any atom is -0.387 e. The van der Waals surface area contributed by atoms with E-state index in [-0.39, 0.29) is 5.91 Å². The minimum absolute atomic E-state index is 0.166. The maximum absolute atomic E-state index is 12.4. The molecule has 0 atom stereocenters. The molecule has 2 aromatic carbocycles. The predicted molar refractivity (Wildman–Crippen MR) is 87.8 cm³/mol. The van der Waals surface area contributed by atoms with E-state index in [1.807, 2.05) is 25.1 Å². The zero-order chi connectivity index (χ0) is 14.7. The first kappa shape index (κ1) is 14.9. The van der Waals surface area contributed by atoms with E-state index in [4.69, 9.17) is 11.6 Å². The topological polar surface area (TPSA) is 41.1 Å². The summed E-state index contributed by atoms with van der Waals surface area (Å²) in [6, 6.07) is 10.9. The number of halogens is 2. The highest BCUT2D eigenvalue weighted by molar-refractivity contribution is 9.10. The van der Waals surface area contributed by atoms with Crippen molar-refractivity contribution in [3.8, 4) is 0 Å². The van der Waals surface area contributed by atoms with Crippen LogP contribution < -0.4 is 10.6 Å². The molecule has 0 aliphatic rings. The molecule has 20 heavy (non-hydrogen) atoms. The van der Waals surface area contributed by atoms with Crippen molar-refractivity contribution in [1.82, 2.24) is 0 Å². The lowest BCUT2D eigenvalue weighted by atomic mass is 10.1. The number of hydrogen-bond donors (Lipinski definition) is 2. The molecule has 0 radical (unpaired) electrons. The Labute approximate surface area is 131 Å². The van der Waals surface area contributed by atoms with E-state index >= 15 is 0 Å². The van der Waals surface area contributed by atoms with E-state index in [1.165, 1.54) is 0 Å². The highest BCUT2D eigenvalue weighted by atomic mass is 79.9. The molecule has 0 spiro atoms. The summed E-state index contributed by atoms with van der Waals surface area (Å²) < 4.78 is 0.747. The van der Waals surface area contributed by atoms with Gasteiger partial charge in [0.15, 0.2) is 0 Å². The van der Waals surface area contributed by atoms with E-state index < -0.39 is 0 Å². The van der Waals surface area contributed by atoms with E-state index in [1.54, 1.807) is 25.2 Å².